The van der Waals surface area contributed by atoms with Crippen LogP contribution in [0.2, 0.25) is 0 Å². The Bertz CT molecular complexity index is 1260. The number of hydrogen-bond acceptors (Lipinski definition) is 11. The maximum atomic E-state index is 12.9. The van der Waals surface area contributed by atoms with Gasteiger partial charge in [-0.05, 0) is 44.9 Å². The van der Waals surface area contributed by atoms with Crippen LogP contribution in [0.25, 0.3) is 0 Å². The Hall–Kier alpha value is -1.87. The number of esters is 2. The zero-order chi connectivity index (χ0) is 46.2. The van der Waals surface area contributed by atoms with E-state index in [4.69, 9.17) is 18.9 Å². The van der Waals surface area contributed by atoms with E-state index in [-0.39, 0.29) is 19.4 Å². The van der Waals surface area contributed by atoms with Crippen molar-refractivity contribution in [2.75, 3.05) is 19.0 Å². The summed E-state index contributed by atoms with van der Waals surface area (Å²) >= 11 is 0. The average molecular weight is 917 g/mol. The smallest absolute Gasteiger partial charge is 0.306 e. The van der Waals surface area contributed by atoms with Crippen LogP contribution >= 0.6 is 0 Å². The Morgan fingerprint density at radius 3 is 1.43 bits per heavy atom. The van der Waals surface area contributed by atoms with E-state index in [0.29, 0.717) is 12.8 Å². The normalized spacial score (nSPS) is 19.9. The van der Waals surface area contributed by atoms with E-state index in [2.05, 4.69) is 38.2 Å². The van der Waals surface area contributed by atoms with Crippen molar-refractivity contribution in [3.8, 4) is 0 Å². The first-order valence-electron chi connectivity index (χ1n) is 25.4. The summed E-state index contributed by atoms with van der Waals surface area (Å²) in [6.45, 7) is 3.76. The molecule has 0 saturated carbocycles. The van der Waals surface area contributed by atoms with Crippen LogP contribution < -0.4 is 0 Å². The Kier molecular flexibility index (Phi) is 37.9. The van der Waals surface area contributed by atoms with E-state index in [1.165, 1.54) is 128 Å². The van der Waals surface area contributed by atoms with E-state index in [0.717, 1.165) is 57.8 Å². The van der Waals surface area contributed by atoms with Gasteiger partial charge >= 0.3 is 11.9 Å². The second-order valence-corrected chi connectivity index (χ2v) is 19.3. The van der Waals surface area contributed by atoms with Crippen molar-refractivity contribution in [1.82, 2.24) is 0 Å². The molecule has 12 nitrogen and oxygen atoms in total. The van der Waals surface area contributed by atoms with Crippen LogP contribution in [0.1, 0.15) is 226 Å². The molecule has 370 valence electrons. The number of carbonyl (C=O) groups is 2. The monoisotopic (exact) mass is 917 g/mol. The molecule has 1 aliphatic heterocycles. The standard InChI is InChI=1S/C50H92O12S/c1-3-5-7-9-11-13-15-17-19-21-23-24-26-28-30-32-34-36-38-45(51)59-40-43(41-60-50-49(55)48(54)47(53)44(62-50)42-63(56,57)58)61-46(52)39-37-35-33-31-29-27-25-22-20-18-16-14-12-10-8-6-4-2/h12,14,18,20,43-44,47-50,53-55H,3-11,13,15-17,19,21-42H2,1-2H3,(H,56,57,58)/b14-12-,20-18-. The molecule has 1 heterocycles. The molecule has 0 aromatic heterocycles. The van der Waals surface area contributed by atoms with E-state index < -0.39 is 71.2 Å². The summed E-state index contributed by atoms with van der Waals surface area (Å²) in [5.41, 5.74) is 0. The van der Waals surface area contributed by atoms with Crippen molar-refractivity contribution in [3.05, 3.63) is 24.3 Å². The zero-order valence-corrected chi connectivity index (χ0v) is 40.5. The molecule has 1 fully saturated rings. The molecule has 6 atom stereocenters. The molecule has 0 aromatic rings. The van der Waals surface area contributed by atoms with Crippen molar-refractivity contribution in [3.63, 3.8) is 0 Å². The molecule has 0 radical (unpaired) electrons. The highest BCUT2D eigenvalue weighted by Gasteiger charge is 2.46. The average Bonchev–Trinajstić information content (AvgIpc) is 3.25. The molecular weight excluding hydrogens is 825 g/mol. The zero-order valence-electron chi connectivity index (χ0n) is 39.7. The lowest BCUT2D eigenvalue weighted by atomic mass is 10.00. The maximum absolute atomic E-state index is 12.9. The lowest BCUT2D eigenvalue weighted by Gasteiger charge is -2.40. The minimum Gasteiger partial charge on any atom is -0.462 e. The first kappa shape index (κ1) is 59.1. The van der Waals surface area contributed by atoms with Crippen molar-refractivity contribution < 1.29 is 56.8 Å². The number of allylic oxidation sites excluding steroid dienone is 4. The lowest BCUT2D eigenvalue weighted by molar-refractivity contribution is -0.297. The van der Waals surface area contributed by atoms with Gasteiger partial charge in [0.1, 0.15) is 36.8 Å². The third-order valence-electron chi connectivity index (χ3n) is 11.8. The van der Waals surface area contributed by atoms with Crippen LogP contribution in [0.3, 0.4) is 0 Å². The van der Waals surface area contributed by atoms with Crippen molar-refractivity contribution in [2.45, 2.75) is 263 Å². The molecule has 13 heteroatoms. The summed E-state index contributed by atoms with van der Waals surface area (Å²) in [5, 5.41) is 31.0. The minimum atomic E-state index is -4.60. The Balaban J connectivity index is 2.38. The molecule has 0 spiro atoms. The summed E-state index contributed by atoms with van der Waals surface area (Å²) in [4.78, 5) is 25.5. The summed E-state index contributed by atoms with van der Waals surface area (Å²) in [6, 6.07) is 0. The highest BCUT2D eigenvalue weighted by molar-refractivity contribution is 7.85. The van der Waals surface area contributed by atoms with Gasteiger partial charge in [0, 0.05) is 12.8 Å². The molecule has 6 unspecified atom stereocenters. The van der Waals surface area contributed by atoms with Crippen LogP contribution in [0.4, 0.5) is 0 Å². The van der Waals surface area contributed by atoms with Crippen molar-refractivity contribution in [1.29, 1.82) is 0 Å². The molecule has 1 rings (SSSR count). The number of aliphatic hydroxyl groups is 3. The third-order valence-corrected chi connectivity index (χ3v) is 12.5. The highest BCUT2D eigenvalue weighted by Crippen LogP contribution is 2.24. The molecule has 0 amide bonds. The van der Waals surface area contributed by atoms with Gasteiger partial charge in [0.25, 0.3) is 10.1 Å². The van der Waals surface area contributed by atoms with E-state index in [9.17, 15) is 37.9 Å². The van der Waals surface area contributed by atoms with E-state index in [1.54, 1.807) is 0 Å². The van der Waals surface area contributed by atoms with Crippen LogP contribution in [0.15, 0.2) is 24.3 Å². The van der Waals surface area contributed by atoms with Crippen molar-refractivity contribution >= 4 is 22.1 Å². The number of hydrogen-bond donors (Lipinski definition) is 4. The van der Waals surface area contributed by atoms with Gasteiger partial charge in [0.05, 0.1) is 6.61 Å². The van der Waals surface area contributed by atoms with Gasteiger partial charge in [-0.15, -0.1) is 0 Å². The number of carbonyl (C=O) groups excluding carboxylic acids is 2. The van der Waals surface area contributed by atoms with Gasteiger partial charge in [-0.1, -0.05) is 192 Å². The maximum Gasteiger partial charge on any atom is 0.306 e. The molecule has 0 aromatic carbocycles. The highest BCUT2D eigenvalue weighted by atomic mass is 32.2. The molecule has 0 bridgehead atoms. The van der Waals surface area contributed by atoms with E-state index >= 15 is 0 Å². The van der Waals surface area contributed by atoms with Crippen molar-refractivity contribution in [2.24, 2.45) is 0 Å². The van der Waals surface area contributed by atoms with Crippen LogP contribution in [0, 0.1) is 0 Å². The Morgan fingerprint density at radius 2 is 0.952 bits per heavy atom. The molecule has 0 aliphatic carbocycles. The minimum absolute atomic E-state index is 0.158. The number of aliphatic hydroxyl groups excluding tert-OH is 3. The Morgan fingerprint density at radius 1 is 0.540 bits per heavy atom. The summed E-state index contributed by atoms with van der Waals surface area (Å²) < 4.78 is 54.2. The SMILES string of the molecule is CCCCC/C=C\C/C=C\CCCCCCCCCC(=O)OC(COC(=O)CCCCCCCCCCCCCCCCCCCC)COC1OC(CS(=O)(=O)O)C(O)C(O)C1O. The fourth-order valence-electron chi connectivity index (χ4n) is 7.83. The van der Waals surface area contributed by atoms with E-state index in [1.807, 2.05) is 0 Å². The largest absolute Gasteiger partial charge is 0.462 e. The van der Waals surface area contributed by atoms with Gasteiger partial charge in [-0.3, -0.25) is 14.1 Å². The summed E-state index contributed by atoms with van der Waals surface area (Å²) in [6.07, 6.45) is 36.4. The second kappa shape index (κ2) is 40.4. The Labute approximate surface area is 383 Å². The molecular formula is C50H92O12S. The first-order chi connectivity index (χ1) is 30.5. The molecule has 63 heavy (non-hydrogen) atoms. The molecule has 4 N–H and O–H groups in total. The number of ether oxygens (including phenoxy) is 4. The molecule has 1 aliphatic rings. The van der Waals surface area contributed by atoms with Crippen LogP contribution in [-0.2, 0) is 38.7 Å². The number of rotatable bonds is 43. The fourth-order valence-corrected chi connectivity index (χ4v) is 8.52. The fraction of sp³-hybridized carbons (Fsp3) is 0.880. The van der Waals surface area contributed by atoms with Crippen LogP contribution in [-0.4, -0.2) is 96.0 Å². The van der Waals surface area contributed by atoms with Crippen LogP contribution in [0.5, 0.6) is 0 Å². The predicted octanol–water partition coefficient (Wildman–Crippen LogP) is 11.2. The quantitative estimate of drug-likeness (QED) is 0.0197. The molecule has 1 saturated heterocycles. The van der Waals surface area contributed by atoms with Gasteiger partial charge in [0.2, 0.25) is 0 Å². The van der Waals surface area contributed by atoms with Gasteiger partial charge in [-0.25, -0.2) is 0 Å². The topological polar surface area (TPSA) is 186 Å². The second-order valence-electron chi connectivity index (χ2n) is 17.8. The summed E-state index contributed by atoms with van der Waals surface area (Å²) in [7, 11) is -4.60. The van der Waals surface area contributed by atoms with Gasteiger partial charge in [0.15, 0.2) is 12.4 Å². The number of unbranched alkanes of at least 4 members (excludes halogenated alkanes) is 27. The van der Waals surface area contributed by atoms with Gasteiger partial charge in [-0.2, -0.15) is 8.42 Å². The van der Waals surface area contributed by atoms with Gasteiger partial charge < -0.3 is 34.3 Å². The predicted molar refractivity (Wildman–Crippen MR) is 252 cm³/mol. The lowest BCUT2D eigenvalue weighted by Crippen LogP contribution is -2.60. The summed E-state index contributed by atoms with van der Waals surface area (Å²) in [5.74, 6) is -1.98. The first-order valence-corrected chi connectivity index (χ1v) is 27.0. The third kappa shape index (κ3) is 35.1.